The first-order valence-corrected chi connectivity index (χ1v) is 8.11. The lowest BCUT2D eigenvalue weighted by molar-refractivity contribution is -0.135. The van der Waals surface area contributed by atoms with E-state index in [4.69, 9.17) is 9.47 Å². The molecular weight excluding hydrogens is 297 g/mol. The third-order valence-electron chi connectivity index (χ3n) is 3.24. The van der Waals surface area contributed by atoms with Crippen molar-refractivity contribution in [2.45, 2.75) is 30.4 Å². The van der Waals surface area contributed by atoms with Crippen LogP contribution in [0.2, 0.25) is 0 Å². The lowest BCUT2D eigenvalue weighted by Crippen LogP contribution is -2.55. The van der Waals surface area contributed by atoms with E-state index in [-0.39, 0.29) is 24.1 Å². The van der Waals surface area contributed by atoms with Gasteiger partial charge in [0.15, 0.2) is 0 Å². The first kappa shape index (κ1) is 16.4. The number of hydrogen-bond donors (Lipinski definition) is 0. The van der Waals surface area contributed by atoms with Crippen molar-refractivity contribution in [2.75, 3.05) is 26.8 Å². The monoisotopic (exact) mass is 317 g/mol. The fraction of sp³-hybridized carbons (Fsp3) is 0.571. The molecule has 1 aliphatic heterocycles. The van der Waals surface area contributed by atoms with Crippen LogP contribution < -0.4 is 0 Å². The smallest absolute Gasteiger partial charge is 0.243 e. The van der Waals surface area contributed by atoms with Gasteiger partial charge in [-0.2, -0.15) is 4.31 Å². The molecule has 1 aliphatic rings. The average molecular weight is 317 g/mol. The molecule has 1 heterocycles. The summed E-state index contributed by atoms with van der Waals surface area (Å²) in [7, 11) is -2.21. The fourth-order valence-electron chi connectivity index (χ4n) is 2.47. The van der Waals surface area contributed by atoms with Crippen LogP contribution in [-0.4, -0.2) is 51.2 Å². The highest BCUT2D eigenvalue weighted by Crippen LogP contribution is 2.26. The predicted octanol–water partition coefficient (Wildman–Crippen LogP) is 1.64. The van der Waals surface area contributed by atoms with Crippen molar-refractivity contribution in [3.63, 3.8) is 0 Å². The number of methoxy groups -OCH3 is 1. The molecule has 0 N–H and O–H groups in total. The molecule has 1 aromatic rings. The number of sulfonamides is 1. The molecule has 0 bridgehead atoms. The second-order valence-corrected chi connectivity index (χ2v) is 7.65. The van der Waals surface area contributed by atoms with Crippen LogP contribution in [0.5, 0.6) is 0 Å². The molecule has 2 rings (SSSR count). The molecule has 0 aliphatic carbocycles. The van der Waals surface area contributed by atoms with Gasteiger partial charge in [0.25, 0.3) is 0 Å². The Hall–Kier alpha value is -1.02. The Balaban J connectivity index is 2.30. The van der Waals surface area contributed by atoms with Gasteiger partial charge in [-0.25, -0.2) is 12.8 Å². The molecule has 1 atom stereocenters. The van der Waals surface area contributed by atoms with E-state index in [1.54, 1.807) is 0 Å². The van der Waals surface area contributed by atoms with E-state index in [9.17, 15) is 12.8 Å². The molecule has 0 amide bonds. The van der Waals surface area contributed by atoms with Gasteiger partial charge in [-0.1, -0.05) is 6.07 Å². The molecule has 5 nitrogen and oxygen atoms in total. The summed E-state index contributed by atoms with van der Waals surface area (Å²) in [5.41, 5.74) is -0.623. The minimum atomic E-state index is -3.75. The van der Waals surface area contributed by atoms with E-state index in [1.807, 2.05) is 13.8 Å². The lowest BCUT2D eigenvalue weighted by Gasteiger charge is -2.41. The van der Waals surface area contributed by atoms with Gasteiger partial charge in [-0.05, 0) is 32.0 Å². The minimum Gasteiger partial charge on any atom is -0.382 e. The van der Waals surface area contributed by atoms with Gasteiger partial charge in [0.05, 0.1) is 23.2 Å². The second kappa shape index (κ2) is 6.00. The molecule has 21 heavy (non-hydrogen) atoms. The highest BCUT2D eigenvalue weighted by Gasteiger charge is 2.39. The maximum atomic E-state index is 13.3. The van der Waals surface area contributed by atoms with Gasteiger partial charge in [0.1, 0.15) is 5.82 Å². The van der Waals surface area contributed by atoms with Gasteiger partial charge < -0.3 is 9.47 Å². The zero-order valence-electron chi connectivity index (χ0n) is 12.4. The van der Waals surface area contributed by atoms with Crippen molar-refractivity contribution in [1.29, 1.82) is 0 Å². The summed E-state index contributed by atoms with van der Waals surface area (Å²) in [6.07, 6.45) is -0.345. The quantitative estimate of drug-likeness (QED) is 0.847. The largest absolute Gasteiger partial charge is 0.382 e. The number of benzene rings is 1. The van der Waals surface area contributed by atoms with Crippen LogP contribution >= 0.6 is 0 Å². The van der Waals surface area contributed by atoms with Crippen molar-refractivity contribution in [1.82, 2.24) is 4.31 Å². The highest BCUT2D eigenvalue weighted by molar-refractivity contribution is 7.89. The van der Waals surface area contributed by atoms with E-state index in [0.717, 1.165) is 6.07 Å². The Morgan fingerprint density at radius 3 is 2.81 bits per heavy atom. The topological polar surface area (TPSA) is 55.8 Å². The van der Waals surface area contributed by atoms with Gasteiger partial charge in [0.2, 0.25) is 10.0 Å². The van der Waals surface area contributed by atoms with E-state index in [1.165, 1.54) is 29.6 Å². The normalized spacial score (nSPS) is 23.1. The second-order valence-electron chi connectivity index (χ2n) is 5.71. The van der Waals surface area contributed by atoms with Gasteiger partial charge >= 0.3 is 0 Å². The molecular formula is C14H20FNO4S. The zero-order chi connectivity index (χ0) is 15.7. The molecule has 118 valence electrons. The number of ether oxygens (including phenoxy) is 2. The first-order valence-electron chi connectivity index (χ1n) is 6.67. The van der Waals surface area contributed by atoms with E-state index in [0.29, 0.717) is 6.61 Å². The van der Waals surface area contributed by atoms with E-state index >= 15 is 0 Å². The summed E-state index contributed by atoms with van der Waals surface area (Å²) < 4.78 is 50.7. The van der Waals surface area contributed by atoms with Gasteiger partial charge in [-0.15, -0.1) is 0 Å². The van der Waals surface area contributed by atoms with Gasteiger partial charge in [0, 0.05) is 20.2 Å². The predicted molar refractivity (Wildman–Crippen MR) is 76.0 cm³/mol. The molecule has 0 spiro atoms. The van der Waals surface area contributed by atoms with Crippen molar-refractivity contribution >= 4 is 10.0 Å². The molecule has 7 heteroatoms. The van der Waals surface area contributed by atoms with Crippen LogP contribution in [0.3, 0.4) is 0 Å². The van der Waals surface area contributed by atoms with Crippen LogP contribution in [0, 0.1) is 5.82 Å². The molecule has 0 unspecified atom stereocenters. The van der Waals surface area contributed by atoms with Crippen molar-refractivity contribution in [3.8, 4) is 0 Å². The maximum Gasteiger partial charge on any atom is 0.243 e. The third kappa shape index (κ3) is 3.79. The van der Waals surface area contributed by atoms with Crippen molar-refractivity contribution < 1.29 is 22.3 Å². The number of morpholine rings is 1. The maximum absolute atomic E-state index is 13.3. The molecule has 0 radical (unpaired) electrons. The number of nitrogens with zero attached hydrogens (tertiary/aromatic N) is 1. The Bertz CT molecular complexity index is 603. The Kier molecular flexibility index (Phi) is 4.67. The number of halogens is 1. The summed E-state index contributed by atoms with van der Waals surface area (Å²) in [5, 5.41) is 0. The summed E-state index contributed by atoms with van der Waals surface area (Å²) in [6.45, 7) is 4.35. The zero-order valence-corrected chi connectivity index (χ0v) is 13.2. The van der Waals surface area contributed by atoms with E-state index < -0.39 is 21.4 Å². The van der Waals surface area contributed by atoms with Crippen LogP contribution in [0.4, 0.5) is 4.39 Å². The molecule has 1 saturated heterocycles. The minimum absolute atomic E-state index is 0.0450. The summed E-state index contributed by atoms with van der Waals surface area (Å²) in [6, 6.07) is 5.03. The highest BCUT2D eigenvalue weighted by atomic mass is 32.2. The molecule has 0 aromatic heterocycles. The fourth-order valence-corrected chi connectivity index (χ4v) is 4.13. The molecule has 1 fully saturated rings. The lowest BCUT2D eigenvalue weighted by atomic mass is 10.1. The van der Waals surface area contributed by atoms with Crippen LogP contribution in [0.1, 0.15) is 13.8 Å². The van der Waals surface area contributed by atoms with Crippen LogP contribution in [0.25, 0.3) is 0 Å². The Labute approximate surface area is 124 Å². The standard InChI is InChI=1S/C14H20FNO4S/c1-14(2)10-16(8-12(20-14)9-19-3)21(17,18)13-6-4-5-11(15)7-13/h4-7,12H,8-10H2,1-3H3/t12-/m0/s1. The van der Waals surface area contributed by atoms with Crippen molar-refractivity contribution in [2.24, 2.45) is 0 Å². The summed E-state index contributed by atoms with van der Waals surface area (Å²) in [5.74, 6) is -0.572. The summed E-state index contributed by atoms with van der Waals surface area (Å²) in [4.78, 5) is -0.0450. The Morgan fingerprint density at radius 1 is 1.48 bits per heavy atom. The third-order valence-corrected chi connectivity index (χ3v) is 5.04. The average Bonchev–Trinajstić information content (AvgIpc) is 2.37. The SMILES string of the molecule is COC[C@@H]1CN(S(=O)(=O)c2cccc(F)c2)CC(C)(C)O1. The van der Waals surface area contributed by atoms with Crippen LogP contribution in [-0.2, 0) is 19.5 Å². The Morgan fingerprint density at radius 2 is 2.19 bits per heavy atom. The number of hydrogen-bond acceptors (Lipinski definition) is 4. The molecule has 1 aromatic carbocycles. The van der Waals surface area contributed by atoms with Crippen molar-refractivity contribution in [3.05, 3.63) is 30.1 Å². The van der Waals surface area contributed by atoms with E-state index in [2.05, 4.69) is 0 Å². The first-order chi connectivity index (χ1) is 9.74. The van der Waals surface area contributed by atoms with Crippen LogP contribution in [0.15, 0.2) is 29.2 Å². The summed E-state index contributed by atoms with van der Waals surface area (Å²) >= 11 is 0. The van der Waals surface area contributed by atoms with Gasteiger partial charge in [-0.3, -0.25) is 0 Å². The number of rotatable bonds is 4. The molecule has 0 saturated carbocycles.